The number of carbonyl (C=O) groups is 1. The number of nitrogens with zero attached hydrogens (tertiary/aromatic N) is 4. The van der Waals surface area contributed by atoms with Gasteiger partial charge in [-0.1, -0.05) is 13.3 Å². The zero-order valence-electron chi connectivity index (χ0n) is 24.2. The molecule has 1 aliphatic rings. The summed E-state index contributed by atoms with van der Waals surface area (Å²) in [5.74, 6) is 3.88. The van der Waals surface area contributed by atoms with E-state index in [0.29, 0.717) is 24.1 Å². The van der Waals surface area contributed by atoms with Gasteiger partial charge in [0.05, 0.1) is 40.8 Å². The Morgan fingerprint density at radius 3 is 2.57 bits per heavy atom. The first-order valence-corrected chi connectivity index (χ1v) is 13.7. The quantitative estimate of drug-likeness (QED) is 0.0837. The number of rotatable bonds is 7. The maximum absolute atomic E-state index is 14.1. The van der Waals surface area contributed by atoms with Gasteiger partial charge in [-0.25, -0.2) is 15.2 Å². The number of pyridine rings is 1. The van der Waals surface area contributed by atoms with Crippen LogP contribution in [0.2, 0.25) is 0 Å². The molecule has 3 heterocycles. The van der Waals surface area contributed by atoms with Gasteiger partial charge in [-0.3, -0.25) is 24.1 Å². The molecule has 1 amide bonds. The number of alkyl halides is 5. The Morgan fingerprint density at radius 2 is 1.91 bits per heavy atom. The molecule has 0 fully saturated rings. The number of hydrogen-bond donors (Lipinski definition) is 5. The van der Waals surface area contributed by atoms with Crippen molar-refractivity contribution < 1.29 is 31.1 Å². The molecule has 3 aromatic rings. The van der Waals surface area contributed by atoms with E-state index in [1.54, 1.807) is 6.92 Å². The van der Waals surface area contributed by atoms with E-state index in [2.05, 4.69) is 15.3 Å². The highest BCUT2D eigenvalue weighted by atomic mass is 19.4. The summed E-state index contributed by atoms with van der Waals surface area (Å²) in [6, 6.07) is 6.17. The zero-order chi connectivity index (χ0) is 33.8. The third-order valence-corrected chi connectivity index (χ3v) is 7.19. The molecule has 7 N–H and O–H groups in total. The molecule has 0 saturated heterocycles. The van der Waals surface area contributed by atoms with Crippen LogP contribution in [0.1, 0.15) is 43.5 Å². The number of hydrogen-bond acceptors (Lipinski definition) is 9. The lowest BCUT2D eigenvalue weighted by Gasteiger charge is -2.24. The molecule has 0 radical (unpaired) electrons. The van der Waals surface area contributed by atoms with Crippen molar-refractivity contribution in [3.8, 4) is 11.3 Å². The van der Waals surface area contributed by atoms with E-state index in [4.69, 9.17) is 17.0 Å². The van der Waals surface area contributed by atoms with E-state index in [9.17, 15) is 35.9 Å². The summed E-state index contributed by atoms with van der Waals surface area (Å²) in [7, 11) is 0. The summed E-state index contributed by atoms with van der Waals surface area (Å²) >= 11 is 0. The molecular formula is C29H29F6N9O2. The van der Waals surface area contributed by atoms with Gasteiger partial charge < -0.3 is 21.8 Å². The number of aromatic nitrogens is 3. The maximum Gasteiger partial charge on any atom is 0.432 e. The van der Waals surface area contributed by atoms with Crippen LogP contribution < -0.4 is 32.8 Å². The number of nitrogens with one attached hydrogen (secondary N) is 3. The van der Waals surface area contributed by atoms with Crippen molar-refractivity contribution in [2.45, 2.75) is 45.0 Å². The molecule has 2 aromatic heterocycles. The average molecular weight is 650 g/mol. The number of carbonyl (C=O) groups excluding carboxylic acids is 1. The van der Waals surface area contributed by atoms with E-state index in [0.717, 1.165) is 24.4 Å². The maximum atomic E-state index is 14.1. The van der Waals surface area contributed by atoms with Crippen LogP contribution in [0, 0.1) is 17.1 Å². The summed E-state index contributed by atoms with van der Waals surface area (Å²) in [4.78, 5) is 35.0. The predicted octanol–water partition coefficient (Wildman–Crippen LogP) is 4.14. The standard InChI is InChI=1S/C29H29F6N9O2/c1-15-3-2-4-22(20-9-16(7-8-39-20)26(42-28(31)32)21(12-36)41-27(15)46)43-14-40-19(11-25(43)45)18-6-5-17(30)10-23(18)44(38)13-24(37)29(33,34)35/h5-15,22,28,36,42H,2-4,37-38H2,1H3,(H,41,46)/b24-13-,26-21+,36-12?. The van der Waals surface area contributed by atoms with Gasteiger partial charge in [-0.2, -0.15) is 22.0 Å². The molecule has 244 valence electrons. The minimum Gasteiger partial charge on any atom is -0.393 e. The van der Waals surface area contributed by atoms with Crippen LogP contribution >= 0.6 is 0 Å². The van der Waals surface area contributed by atoms with Crippen LogP contribution in [0.3, 0.4) is 0 Å². The second-order valence-corrected chi connectivity index (χ2v) is 10.4. The molecule has 1 aromatic carbocycles. The van der Waals surface area contributed by atoms with Crippen LogP contribution in [0.4, 0.5) is 32.0 Å². The highest BCUT2D eigenvalue weighted by molar-refractivity contribution is 5.95. The van der Waals surface area contributed by atoms with Crippen molar-refractivity contribution in [2.75, 3.05) is 5.01 Å². The van der Waals surface area contributed by atoms with Crippen molar-refractivity contribution in [3.63, 3.8) is 0 Å². The third kappa shape index (κ3) is 7.71. The molecule has 4 rings (SSSR count). The molecule has 2 bridgehead atoms. The summed E-state index contributed by atoms with van der Waals surface area (Å²) in [6.45, 7) is -1.41. The largest absolute Gasteiger partial charge is 0.432 e. The number of halogens is 6. The average Bonchev–Trinajstić information content (AvgIpc) is 3.00. The SMILES string of the molecule is CC1CCCC(n2cnc(-c3ccc(F)cc3N(N)/C=C(\N)C(F)(F)F)cc2=O)c2cc(ccn2)/C(NC(F)F)=C(/C=N)NC1=O. The number of hydrazine groups is 1. The van der Waals surface area contributed by atoms with E-state index in [-0.39, 0.29) is 46.0 Å². The summed E-state index contributed by atoms with van der Waals surface area (Å²) in [6.07, 6.45) is -0.274. The van der Waals surface area contributed by atoms with E-state index in [1.807, 2.05) is 5.32 Å². The van der Waals surface area contributed by atoms with Crippen molar-refractivity contribution in [3.05, 3.63) is 93.9 Å². The van der Waals surface area contributed by atoms with Crippen LogP contribution in [0.25, 0.3) is 17.0 Å². The molecular weight excluding hydrogens is 620 g/mol. The lowest BCUT2D eigenvalue weighted by molar-refractivity contribution is -0.123. The van der Waals surface area contributed by atoms with Crippen LogP contribution in [-0.2, 0) is 4.79 Å². The highest BCUT2D eigenvalue weighted by Gasteiger charge is 2.32. The topological polar surface area (TPSA) is 168 Å². The molecule has 0 spiro atoms. The lowest BCUT2D eigenvalue weighted by atomic mass is 9.96. The minimum absolute atomic E-state index is 0.0186. The number of nitrogens with two attached hydrogens (primary N) is 2. The van der Waals surface area contributed by atoms with Crippen molar-refractivity contribution in [2.24, 2.45) is 17.5 Å². The number of amides is 1. The Balaban J connectivity index is 1.81. The van der Waals surface area contributed by atoms with Crippen molar-refractivity contribution in [1.82, 2.24) is 25.2 Å². The van der Waals surface area contributed by atoms with E-state index < -0.39 is 47.7 Å². The predicted molar refractivity (Wildman–Crippen MR) is 157 cm³/mol. The molecule has 0 saturated carbocycles. The van der Waals surface area contributed by atoms with Crippen LogP contribution in [0.5, 0.6) is 0 Å². The second-order valence-electron chi connectivity index (χ2n) is 10.4. The van der Waals surface area contributed by atoms with Crippen molar-refractivity contribution in [1.29, 1.82) is 5.41 Å². The minimum atomic E-state index is -4.91. The lowest BCUT2D eigenvalue weighted by Crippen LogP contribution is -2.33. The Hall–Kier alpha value is -5.19. The fraction of sp³-hybridized carbons (Fsp3) is 0.276. The molecule has 17 heteroatoms. The van der Waals surface area contributed by atoms with Gasteiger partial charge in [0.1, 0.15) is 11.5 Å². The van der Waals surface area contributed by atoms with Gasteiger partial charge in [0.2, 0.25) is 5.91 Å². The number of fused-ring (bicyclic) bond motifs is 2. The van der Waals surface area contributed by atoms with Gasteiger partial charge in [0.15, 0.2) is 0 Å². The first-order valence-electron chi connectivity index (χ1n) is 13.7. The normalized spacial score (nSPS) is 19.6. The summed E-state index contributed by atoms with van der Waals surface area (Å²) < 4.78 is 81.4. The summed E-state index contributed by atoms with van der Waals surface area (Å²) in [5.41, 5.74) is 2.61. The number of anilines is 1. The van der Waals surface area contributed by atoms with Crippen LogP contribution in [-0.4, -0.2) is 39.4 Å². The molecule has 1 aliphatic heterocycles. The molecule has 11 nitrogen and oxygen atoms in total. The second kappa shape index (κ2) is 13.8. The Bertz CT molecular complexity index is 1740. The zero-order valence-corrected chi connectivity index (χ0v) is 24.2. The molecule has 46 heavy (non-hydrogen) atoms. The highest BCUT2D eigenvalue weighted by Crippen LogP contribution is 2.32. The third-order valence-electron chi connectivity index (χ3n) is 7.19. The van der Waals surface area contributed by atoms with Crippen LogP contribution in [0.15, 0.2) is 71.3 Å². The van der Waals surface area contributed by atoms with Gasteiger partial charge in [0, 0.05) is 41.7 Å². The molecule has 2 atom stereocenters. The number of benzene rings is 1. The van der Waals surface area contributed by atoms with Gasteiger partial charge in [-0.15, -0.1) is 0 Å². The monoisotopic (exact) mass is 649 g/mol. The van der Waals surface area contributed by atoms with E-state index >= 15 is 0 Å². The Labute approximate surface area is 258 Å². The first kappa shape index (κ1) is 33.7. The van der Waals surface area contributed by atoms with Gasteiger partial charge in [0.25, 0.3) is 5.56 Å². The smallest absolute Gasteiger partial charge is 0.393 e. The number of allylic oxidation sites excluding steroid dienone is 2. The molecule has 0 aliphatic carbocycles. The fourth-order valence-corrected chi connectivity index (χ4v) is 4.84. The van der Waals surface area contributed by atoms with E-state index in [1.165, 1.54) is 35.3 Å². The van der Waals surface area contributed by atoms with Gasteiger partial charge in [-0.05, 0) is 43.2 Å². The van der Waals surface area contributed by atoms with Gasteiger partial charge >= 0.3 is 12.7 Å². The fourth-order valence-electron chi connectivity index (χ4n) is 4.84. The Kier molecular flexibility index (Phi) is 10.1. The van der Waals surface area contributed by atoms with Crippen molar-refractivity contribution >= 4 is 23.5 Å². The molecule has 2 unspecified atom stereocenters. The Morgan fingerprint density at radius 1 is 1.17 bits per heavy atom. The first-order chi connectivity index (χ1) is 21.7. The summed E-state index contributed by atoms with van der Waals surface area (Å²) in [5, 5.41) is 12.7.